The molecule has 0 unspecified atom stereocenters. The number of hydrogen-bond donors (Lipinski definition) is 2. The largest absolute Gasteiger partial charge is 0.477 e. The Morgan fingerprint density at radius 3 is 2.72 bits per heavy atom. The van der Waals surface area contributed by atoms with Gasteiger partial charge in [0, 0.05) is 0 Å². The first-order valence-corrected chi connectivity index (χ1v) is 5.93. The third-order valence-corrected chi connectivity index (χ3v) is 3.06. The highest BCUT2D eigenvalue weighted by Gasteiger charge is 2.15. The molecule has 2 N–H and O–H groups in total. The number of carbonyl (C=O) groups excluding carboxylic acids is 1. The number of carboxylic acids is 1. The van der Waals surface area contributed by atoms with Crippen LogP contribution in [0.5, 0.6) is 0 Å². The average Bonchev–Trinajstić information content (AvgIpc) is 2.78. The molecule has 0 fully saturated rings. The molecule has 0 aliphatic rings. The van der Waals surface area contributed by atoms with Crippen molar-refractivity contribution in [3.8, 4) is 0 Å². The fourth-order valence-electron chi connectivity index (χ4n) is 1.19. The Bertz CT molecular complexity index is 597. The van der Waals surface area contributed by atoms with Gasteiger partial charge in [-0.25, -0.2) is 14.8 Å². The summed E-state index contributed by atoms with van der Waals surface area (Å²) in [7, 11) is 0. The van der Waals surface area contributed by atoms with Crippen LogP contribution in [0.4, 0.5) is 5.69 Å². The number of thiophene rings is 1. The van der Waals surface area contributed by atoms with Gasteiger partial charge in [-0.3, -0.25) is 4.79 Å². The second kappa shape index (κ2) is 5.11. The number of nitrogens with zero attached hydrogens (tertiary/aromatic N) is 2. The van der Waals surface area contributed by atoms with Crippen LogP contribution in [0.15, 0.2) is 23.8 Å². The van der Waals surface area contributed by atoms with Crippen LogP contribution in [-0.4, -0.2) is 27.0 Å². The van der Waals surface area contributed by atoms with Crippen LogP contribution in [-0.2, 0) is 0 Å². The third kappa shape index (κ3) is 2.63. The molecule has 8 heteroatoms. The van der Waals surface area contributed by atoms with Crippen LogP contribution >= 0.6 is 22.9 Å². The van der Waals surface area contributed by atoms with Crippen molar-refractivity contribution in [3.63, 3.8) is 0 Å². The molecule has 0 radical (unpaired) electrons. The Hall–Kier alpha value is -1.99. The first-order chi connectivity index (χ1) is 8.58. The van der Waals surface area contributed by atoms with E-state index in [1.807, 2.05) is 0 Å². The van der Waals surface area contributed by atoms with Crippen LogP contribution in [0.2, 0.25) is 5.15 Å². The number of amides is 1. The first-order valence-electron chi connectivity index (χ1n) is 4.67. The summed E-state index contributed by atoms with van der Waals surface area (Å²) >= 11 is 6.57. The first kappa shape index (κ1) is 12.5. The number of nitrogens with one attached hydrogen (secondary N) is 1. The minimum absolute atomic E-state index is 0.0574. The highest BCUT2D eigenvalue weighted by Crippen LogP contribution is 2.22. The van der Waals surface area contributed by atoms with Gasteiger partial charge in [0.25, 0.3) is 5.91 Å². The van der Waals surface area contributed by atoms with Gasteiger partial charge >= 0.3 is 5.97 Å². The van der Waals surface area contributed by atoms with Crippen LogP contribution in [0.1, 0.15) is 20.2 Å². The lowest BCUT2D eigenvalue weighted by atomic mass is 10.3. The highest BCUT2D eigenvalue weighted by atomic mass is 35.5. The standard InChI is InChI=1S/C10H6ClN3O3S/c11-7-4-12-6(3-13-7)9(15)14-5-1-2-18-8(5)10(16)17/h1-4H,(H,14,15)(H,16,17). The van der Waals surface area contributed by atoms with Crippen LogP contribution < -0.4 is 5.32 Å². The van der Waals surface area contributed by atoms with Crippen LogP contribution in [0.3, 0.4) is 0 Å². The van der Waals surface area contributed by atoms with E-state index in [2.05, 4.69) is 15.3 Å². The van der Waals surface area contributed by atoms with Crippen molar-refractivity contribution in [1.29, 1.82) is 0 Å². The van der Waals surface area contributed by atoms with Gasteiger partial charge in [0.15, 0.2) is 0 Å². The fraction of sp³-hybridized carbons (Fsp3) is 0. The molecule has 2 aromatic rings. The van der Waals surface area contributed by atoms with Gasteiger partial charge in [0.05, 0.1) is 18.1 Å². The topological polar surface area (TPSA) is 92.2 Å². The van der Waals surface area contributed by atoms with Gasteiger partial charge < -0.3 is 10.4 Å². The predicted octanol–water partition coefficient (Wildman–Crippen LogP) is 2.14. The van der Waals surface area contributed by atoms with E-state index in [1.165, 1.54) is 18.5 Å². The Morgan fingerprint density at radius 1 is 1.33 bits per heavy atom. The Morgan fingerprint density at radius 2 is 2.11 bits per heavy atom. The molecule has 0 bridgehead atoms. The van der Waals surface area contributed by atoms with Gasteiger partial charge in [-0.05, 0) is 11.4 Å². The van der Waals surface area contributed by atoms with E-state index in [1.54, 1.807) is 5.38 Å². The smallest absolute Gasteiger partial charge is 0.348 e. The zero-order valence-corrected chi connectivity index (χ0v) is 10.3. The minimum Gasteiger partial charge on any atom is -0.477 e. The maximum Gasteiger partial charge on any atom is 0.348 e. The third-order valence-electron chi connectivity index (χ3n) is 1.96. The molecule has 0 saturated heterocycles. The van der Waals surface area contributed by atoms with Gasteiger partial charge in [-0.1, -0.05) is 11.6 Å². The summed E-state index contributed by atoms with van der Waals surface area (Å²) in [6.45, 7) is 0. The summed E-state index contributed by atoms with van der Waals surface area (Å²) in [5, 5.41) is 13.1. The second-order valence-electron chi connectivity index (χ2n) is 3.15. The molecule has 0 spiro atoms. The molecule has 0 atom stereocenters. The van der Waals surface area contributed by atoms with E-state index in [0.717, 1.165) is 11.3 Å². The van der Waals surface area contributed by atoms with E-state index in [-0.39, 0.29) is 21.4 Å². The summed E-state index contributed by atoms with van der Waals surface area (Å²) in [5.41, 5.74) is 0.288. The Balaban J connectivity index is 2.19. The number of anilines is 1. The molecule has 92 valence electrons. The van der Waals surface area contributed by atoms with Crippen molar-refractivity contribution < 1.29 is 14.7 Å². The molecule has 0 saturated carbocycles. The molecule has 0 aromatic carbocycles. The molecule has 0 aliphatic carbocycles. The molecule has 2 rings (SSSR count). The molecular formula is C10H6ClN3O3S. The second-order valence-corrected chi connectivity index (χ2v) is 4.45. The van der Waals surface area contributed by atoms with Crippen molar-refractivity contribution >= 4 is 40.5 Å². The summed E-state index contributed by atoms with van der Waals surface area (Å²) in [6.07, 6.45) is 2.45. The SMILES string of the molecule is O=C(Nc1ccsc1C(=O)O)c1cnc(Cl)cn1. The molecular weight excluding hydrogens is 278 g/mol. The molecule has 2 aromatic heterocycles. The highest BCUT2D eigenvalue weighted by molar-refractivity contribution is 7.12. The quantitative estimate of drug-likeness (QED) is 0.900. The zero-order valence-electron chi connectivity index (χ0n) is 8.75. The van der Waals surface area contributed by atoms with E-state index in [9.17, 15) is 9.59 Å². The molecule has 18 heavy (non-hydrogen) atoms. The molecule has 1 amide bonds. The van der Waals surface area contributed by atoms with E-state index in [4.69, 9.17) is 16.7 Å². The lowest BCUT2D eigenvalue weighted by molar-refractivity contribution is 0.0703. The van der Waals surface area contributed by atoms with Crippen LogP contribution in [0.25, 0.3) is 0 Å². The maximum absolute atomic E-state index is 11.8. The van der Waals surface area contributed by atoms with Crippen molar-refractivity contribution in [2.75, 3.05) is 5.32 Å². The van der Waals surface area contributed by atoms with Gasteiger partial charge in [0.2, 0.25) is 0 Å². The van der Waals surface area contributed by atoms with Gasteiger partial charge in [-0.15, -0.1) is 11.3 Å². The Kier molecular flexibility index (Phi) is 3.54. The van der Waals surface area contributed by atoms with E-state index < -0.39 is 11.9 Å². The fourth-order valence-corrected chi connectivity index (χ4v) is 1.97. The average molecular weight is 284 g/mol. The molecule has 6 nitrogen and oxygen atoms in total. The van der Waals surface area contributed by atoms with Crippen molar-refractivity contribution in [1.82, 2.24) is 9.97 Å². The van der Waals surface area contributed by atoms with E-state index in [0.29, 0.717) is 0 Å². The minimum atomic E-state index is -1.09. The predicted molar refractivity (Wildman–Crippen MR) is 66.3 cm³/mol. The van der Waals surface area contributed by atoms with Gasteiger partial charge in [0.1, 0.15) is 15.7 Å². The van der Waals surface area contributed by atoms with Gasteiger partial charge in [-0.2, -0.15) is 0 Å². The van der Waals surface area contributed by atoms with Crippen molar-refractivity contribution in [2.45, 2.75) is 0 Å². The van der Waals surface area contributed by atoms with Crippen LogP contribution in [0, 0.1) is 0 Å². The summed E-state index contributed by atoms with van der Waals surface area (Å²) < 4.78 is 0. The maximum atomic E-state index is 11.8. The summed E-state index contributed by atoms with van der Waals surface area (Å²) in [5.74, 6) is -1.64. The molecule has 0 aliphatic heterocycles. The summed E-state index contributed by atoms with van der Waals surface area (Å²) in [4.78, 5) is 30.2. The normalized spacial score (nSPS) is 10.1. The van der Waals surface area contributed by atoms with E-state index >= 15 is 0 Å². The number of aromatic carboxylic acids is 1. The zero-order chi connectivity index (χ0) is 13.1. The molecule has 2 heterocycles. The number of carbonyl (C=O) groups is 2. The van der Waals surface area contributed by atoms with Crippen molar-refractivity contribution in [3.05, 3.63) is 39.6 Å². The lowest BCUT2D eigenvalue weighted by Crippen LogP contribution is -2.15. The Labute approximate surface area is 110 Å². The summed E-state index contributed by atoms with van der Waals surface area (Å²) in [6, 6.07) is 1.51. The number of rotatable bonds is 3. The number of halogens is 1. The number of aromatic nitrogens is 2. The monoisotopic (exact) mass is 283 g/mol. The number of hydrogen-bond acceptors (Lipinski definition) is 5. The number of carboxylic acid groups (broad SMARTS) is 1. The lowest BCUT2D eigenvalue weighted by Gasteiger charge is -2.03. The van der Waals surface area contributed by atoms with Crippen molar-refractivity contribution in [2.24, 2.45) is 0 Å².